The van der Waals surface area contributed by atoms with Crippen LogP contribution in [-0.4, -0.2) is 12.0 Å². The van der Waals surface area contributed by atoms with Crippen molar-refractivity contribution < 1.29 is 0 Å². The number of aryl methyl sites for hydroxylation is 1. The molecule has 1 aromatic heterocycles. The second-order valence-electron chi connectivity index (χ2n) is 3.59. The van der Waals surface area contributed by atoms with Gasteiger partial charge in [-0.15, -0.1) is 0 Å². The predicted octanol–water partition coefficient (Wildman–Crippen LogP) is 3.75. The second-order valence-corrected chi connectivity index (χ2v) is 4.03. The summed E-state index contributed by atoms with van der Waals surface area (Å²) >= 11 is 5.97. The normalized spacial score (nSPS) is 10.2. The molecule has 0 radical (unpaired) electrons. The van der Waals surface area contributed by atoms with Crippen molar-refractivity contribution in [3.63, 3.8) is 0 Å². The van der Waals surface area contributed by atoms with E-state index in [4.69, 9.17) is 11.6 Å². The molecule has 0 aliphatic heterocycles. The van der Waals surface area contributed by atoms with Gasteiger partial charge in [-0.2, -0.15) is 0 Å². The van der Waals surface area contributed by atoms with Crippen LogP contribution in [0.2, 0.25) is 5.02 Å². The van der Waals surface area contributed by atoms with Gasteiger partial charge in [-0.25, -0.2) is 4.98 Å². The molecule has 2 aromatic rings. The van der Waals surface area contributed by atoms with Crippen LogP contribution in [0.3, 0.4) is 0 Å². The minimum Gasteiger partial charge on any atom is -0.373 e. The van der Waals surface area contributed by atoms with E-state index in [1.165, 1.54) is 0 Å². The highest BCUT2D eigenvalue weighted by atomic mass is 35.5. The topological polar surface area (TPSA) is 24.9 Å². The van der Waals surface area contributed by atoms with Gasteiger partial charge in [0.2, 0.25) is 0 Å². The zero-order valence-electron chi connectivity index (χ0n) is 9.29. The molecule has 0 spiro atoms. The number of halogens is 1. The minimum absolute atomic E-state index is 0.745. The van der Waals surface area contributed by atoms with Gasteiger partial charge in [0.05, 0.1) is 0 Å². The van der Waals surface area contributed by atoms with E-state index < -0.39 is 0 Å². The van der Waals surface area contributed by atoms with E-state index >= 15 is 0 Å². The fourth-order valence-corrected chi connectivity index (χ4v) is 1.85. The minimum atomic E-state index is 0.745. The number of nitrogens with zero attached hydrogens (tertiary/aromatic N) is 1. The van der Waals surface area contributed by atoms with Gasteiger partial charge in [-0.05, 0) is 36.8 Å². The molecule has 0 atom stereocenters. The molecule has 0 saturated heterocycles. The third-order valence-electron chi connectivity index (χ3n) is 2.48. The number of nitrogens with one attached hydrogen (secondary N) is 1. The first-order valence-electron chi connectivity index (χ1n) is 5.12. The molecule has 1 aromatic carbocycles. The van der Waals surface area contributed by atoms with Gasteiger partial charge in [0.25, 0.3) is 0 Å². The Balaban J connectivity index is 2.48. The summed E-state index contributed by atoms with van der Waals surface area (Å²) in [6, 6.07) is 11.8. The van der Waals surface area contributed by atoms with Gasteiger partial charge in [0.1, 0.15) is 5.82 Å². The summed E-state index contributed by atoms with van der Waals surface area (Å²) in [6.07, 6.45) is 0. The van der Waals surface area contributed by atoms with Crippen molar-refractivity contribution in [3.8, 4) is 11.1 Å². The van der Waals surface area contributed by atoms with Crippen LogP contribution in [0.15, 0.2) is 36.4 Å². The van der Waals surface area contributed by atoms with E-state index in [1.54, 1.807) is 0 Å². The standard InChI is InChI=1S/C13H13ClN2/c1-9-12(6-7-13(15-2)16-9)10-4-3-5-11(14)8-10/h3-8H,1-2H3,(H,15,16). The van der Waals surface area contributed by atoms with Crippen LogP contribution in [0.1, 0.15) is 5.69 Å². The van der Waals surface area contributed by atoms with Gasteiger partial charge < -0.3 is 5.32 Å². The number of hydrogen-bond acceptors (Lipinski definition) is 2. The second kappa shape index (κ2) is 4.54. The molecule has 16 heavy (non-hydrogen) atoms. The van der Waals surface area contributed by atoms with Crippen molar-refractivity contribution in [2.24, 2.45) is 0 Å². The number of benzene rings is 1. The van der Waals surface area contributed by atoms with E-state index in [1.807, 2.05) is 44.3 Å². The zero-order valence-corrected chi connectivity index (χ0v) is 10.0. The van der Waals surface area contributed by atoms with Crippen molar-refractivity contribution >= 4 is 17.4 Å². The van der Waals surface area contributed by atoms with E-state index in [2.05, 4.69) is 16.4 Å². The first-order chi connectivity index (χ1) is 7.70. The van der Waals surface area contributed by atoms with E-state index in [9.17, 15) is 0 Å². The molecule has 0 fully saturated rings. The highest BCUT2D eigenvalue weighted by molar-refractivity contribution is 6.30. The van der Waals surface area contributed by atoms with E-state index in [0.29, 0.717) is 0 Å². The molecule has 2 nitrogen and oxygen atoms in total. The molecule has 2 rings (SSSR count). The summed E-state index contributed by atoms with van der Waals surface area (Å²) in [5.74, 6) is 0.878. The van der Waals surface area contributed by atoms with Crippen molar-refractivity contribution in [2.45, 2.75) is 6.92 Å². The summed E-state index contributed by atoms with van der Waals surface area (Å²) in [5, 5.41) is 3.77. The SMILES string of the molecule is CNc1ccc(-c2cccc(Cl)c2)c(C)n1. The number of hydrogen-bond donors (Lipinski definition) is 1. The Hall–Kier alpha value is -1.54. The Morgan fingerprint density at radius 3 is 2.62 bits per heavy atom. The lowest BCUT2D eigenvalue weighted by Crippen LogP contribution is -1.95. The maximum absolute atomic E-state index is 5.97. The number of pyridine rings is 1. The monoisotopic (exact) mass is 232 g/mol. The molecule has 0 aliphatic rings. The van der Waals surface area contributed by atoms with Gasteiger partial charge in [0, 0.05) is 23.3 Å². The highest BCUT2D eigenvalue weighted by Gasteiger charge is 2.04. The van der Waals surface area contributed by atoms with Crippen molar-refractivity contribution in [1.82, 2.24) is 4.98 Å². The van der Waals surface area contributed by atoms with Gasteiger partial charge in [0.15, 0.2) is 0 Å². The van der Waals surface area contributed by atoms with Crippen LogP contribution in [0.5, 0.6) is 0 Å². The zero-order chi connectivity index (χ0) is 11.5. The van der Waals surface area contributed by atoms with Crippen molar-refractivity contribution in [1.29, 1.82) is 0 Å². The quantitative estimate of drug-likeness (QED) is 0.853. The molecule has 0 amide bonds. The third kappa shape index (κ3) is 2.17. The molecule has 82 valence electrons. The highest BCUT2D eigenvalue weighted by Crippen LogP contribution is 2.25. The van der Waals surface area contributed by atoms with E-state index in [0.717, 1.165) is 27.7 Å². The summed E-state index contributed by atoms with van der Waals surface area (Å²) in [6.45, 7) is 2.00. The molecule has 0 aliphatic carbocycles. The fraction of sp³-hybridized carbons (Fsp3) is 0.154. The Kier molecular flexibility index (Phi) is 3.11. The molecule has 1 heterocycles. The lowest BCUT2D eigenvalue weighted by molar-refractivity contribution is 1.19. The summed E-state index contributed by atoms with van der Waals surface area (Å²) in [4.78, 5) is 4.44. The van der Waals surface area contributed by atoms with Gasteiger partial charge in [-0.1, -0.05) is 23.7 Å². The number of rotatable bonds is 2. The molecule has 0 bridgehead atoms. The molecular weight excluding hydrogens is 220 g/mol. The Morgan fingerprint density at radius 1 is 1.19 bits per heavy atom. The van der Waals surface area contributed by atoms with Crippen LogP contribution in [0.25, 0.3) is 11.1 Å². The summed E-state index contributed by atoms with van der Waals surface area (Å²) in [5.41, 5.74) is 3.20. The van der Waals surface area contributed by atoms with E-state index in [-0.39, 0.29) is 0 Å². The smallest absolute Gasteiger partial charge is 0.125 e. The maximum atomic E-state index is 5.97. The van der Waals surface area contributed by atoms with Crippen LogP contribution >= 0.6 is 11.6 Å². The molecule has 0 unspecified atom stereocenters. The largest absolute Gasteiger partial charge is 0.373 e. The van der Waals surface area contributed by atoms with Crippen LogP contribution in [0, 0.1) is 6.92 Å². The van der Waals surface area contributed by atoms with Crippen molar-refractivity contribution in [2.75, 3.05) is 12.4 Å². The molecular formula is C13H13ClN2. The average molecular weight is 233 g/mol. The Morgan fingerprint density at radius 2 is 2.00 bits per heavy atom. The first kappa shape index (κ1) is 11.0. The Labute approximate surface area is 100 Å². The number of anilines is 1. The summed E-state index contributed by atoms with van der Waals surface area (Å²) < 4.78 is 0. The maximum Gasteiger partial charge on any atom is 0.125 e. The fourth-order valence-electron chi connectivity index (χ4n) is 1.66. The molecule has 3 heteroatoms. The average Bonchev–Trinajstić information content (AvgIpc) is 2.28. The Bertz CT molecular complexity index is 509. The van der Waals surface area contributed by atoms with Gasteiger partial charge in [-0.3, -0.25) is 0 Å². The predicted molar refractivity (Wildman–Crippen MR) is 69.0 cm³/mol. The summed E-state index contributed by atoms with van der Waals surface area (Å²) in [7, 11) is 1.86. The van der Waals surface area contributed by atoms with Crippen LogP contribution < -0.4 is 5.32 Å². The lowest BCUT2D eigenvalue weighted by Gasteiger charge is -2.07. The third-order valence-corrected chi connectivity index (χ3v) is 2.71. The number of aromatic nitrogens is 1. The van der Waals surface area contributed by atoms with Crippen molar-refractivity contribution in [3.05, 3.63) is 47.1 Å². The lowest BCUT2D eigenvalue weighted by atomic mass is 10.0. The molecule has 0 saturated carbocycles. The first-order valence-corrected chi connectivity index (χ1v) is 5.50. The molecule has 1 N–H and O–H groups in total. The van der Waals surface area contributed by atoms with Crippen LogP contribution in [0.4, 0.5) is 5.82 Å². The van der Waals surface area contributed by atoms with Gasteiger partial charge >= 0.3 is 0 Å². The van der Waals surface area contributed by atoms with Crippen LogP contribution in [-0.2, 0) is 0 Å².